The highest BCUT2D eigenvalue weighted by atomic mass is 32.2. The fraction of sp³-hybridized carbons (Fsp3) is 0.412. The highest BCUT2D eigenvalue weighted by Gasteiger charge is 2.54. The van der Waals surface area contributed by atoms with Crippen molar-refractivity contribution in [2.24, 2.45) is 5.16 Å². The van der Waals surface area contributed by atoms with Crippen molar-refractivity contribution >= 4 is 57.7 Å². The molecule has 32 heavy (non-hydrogen) atoms. The molecule has 0 radical (unpaired) electrons. The number of aromatic nitrogens is 1. The number of halogens is 1. The van der Waals surface area contributed by atoms with Gasteiger partial charge in [0.15, 0.2) is 10.8 Å². The van der Waals surface area contributed by atoms with Crippen LogP contribution in [0.3, 0.4) is 0 Å². The van der Waals surface area contributed by atoms with Gasteiger partial charge in [0.05, 0.1) is 0 Å². The zero-order valence-corrected chi connectivity index (χ0v) is 18.4. The van der Waals surface area contributed by atoms with Gasteiger partial charge in [-0.25, -0.2) is 9.78 Å². The van der Waals surface area contributed by atoms with E-state index in [-0.39, 0.29) is 35.4 Å². The smallest absolute Gasteiger partial charge is 0.352 e. The van der Waals surface area contributed by atoms with Gasteiger partial charge in [0.2, 0.25) is 5.13 Å². The summed E-state index contributed by atoms with van der Waals surface area (Å²) >= 11 is 1.69. The van der Waals surface area contributed by atoms with Gasteiger partial charge in [-0.3, -0.25) is 19.3 Å². The molecule has 0 spiro atoms. The maximum atomic E-state index is 14.1. The number of carbonyl (C=O) groups excluding carboxylic acids is 3. The van der Waals surface area contributed by atoms with Crippen molar-refractivity contribution in [1.29, 1.82) is 0 Å². The number of nitrogens with one attached hydrogen (secondary N) is 1. The topological polar surface area (TPSA) is 174 Å². The number of hydrogen-bond acceptors (Lipinski definition) is 11. The molecule has 0 unspecified atom stereocenters. The lowest BCUT2D eigenvalue weighted by atomic mass is 10.0. The van der Waals surface area contributed by atoms with E-state index >= 15 is 0 Å². The first kappa shape index (κ1) is 23.5. The third kappa shape index (κ3) is 4.52. The number of esters is 1. The van der Waals surface area contributed by atoms with Gasteiger partial charge < -0.3 is 25.7 Å². The summed E-state index contributed by atoms with van der Waals surface area (Å²) in [4.78, 5) is 57.9. The highest BCUT2D eigenvalue weighted by molar-refractivity contribution is 8.00. The van der Waals surface area contributed by atoms with Crippen LogP contribution in [-0.2, 0) is 28.8 Å². The molecule has 2 amide bonds. The number of aliphatic carboxylic acids is 1. The number of β-lactam (4-membered cyclic amide) rings is 1. The lowest BCUT2D eigenvalue weighted by Gasteiger charge is -2.49. The molecule has 2 atom stereocenters. The standard InChI is InChI=1S/C17H18FN5O7S2/c1-3-30-22-9(8-12(18)32-17(19)21-8)13(25)20-10-14(26)23-11(16(27)28)7(4-29-6(2)24)5-31-15(10)23/h10,15H,3-5H2,1-2H3,(H2,19,21)(H,20,25)(H,27,28)/t10-,15-/m1/s1. The summed E-state index contributed by atoms with van der Waals surface area (Å²) in [6.07, 6.45) is 0. The zero-order chi connectivity index (χ0) is 23.6. The van der Waals surface area contributed by atoms with E-state index in [0.29, 0.717) is 11.3 Å². The first-order valence-corrected chi connectivity index (χ1v) is 11.0. The van der Waals surface area contributed by atoms with Gasteiger partial charge in [-0.2, -0.15) is 4.39 Å². The lowest BCUT2D eigenvalue weighted by molar-refractivity contribution is -0.150. The van der Waals surface area contributed by atoms with Crippen molar-refractivity contribution in [3.63, 3.8) is 0 Å². The molecule has 1 saturated heterocycles. The molecule has 1 aromatic rings. The van der Waals surface area contributed by atoms with Crippen molar-refractivity contribution in [1.82, 2.24) is 15.2 Å². The van der Waals surface area contributed by atoms with Crippen LogP contribution in [0.5, 0.6) is 0 Å². The molecule has 12 nitrogen and oxygen atoms in total. The summed E-state index contributed by atoms with van der Waals surface area (Å²) in [6.45, 7) is 2.60. The van der Waals surface area contributed by atoms with Crippen molar-refractivity contribution in [2.75, 3.05) is 24.7 Å². The van der Waals surface area contributed by atoms with E-state index in [1.807, 2.05) is 0 Å². The second kappa shape index (κ2) is 9.52. The first-order chi connectivity index (χ1) is 15.1. The average molecular weight is 487 g/mol. The number of hydrogen-bond donors (Lipinski definition) is 3. The van der Waals surface area contributed by atoms with E-state index in [1.165, 1.54) is 18.7 Å². The maximum Gasteiger partial charge on any atom is 0.352 e. The SMILES string of the molecule is CCON=C(C(=O)N[C@@H]1C(=O)N2C(C(=O)O)=C(COC(C)=O)CS[C@H]12)c1nc(N)sc1F. The minimum Gasteiger partial charge on any atom is -0.477 e. The van der Waals surface area contributed by atoms with Gasteiger partial charge in [0, 0.05) is 18.2 Å². The molecule has 0 bridgehead atoms. The molecule has 15 heteroatoms. The average Bonchev–Trinajstić information content (AvgIpc) is 3.07. The van der Waals surface area contributed by atoms with E-state index in [2.05, 4.69) is 15.5 Å². The lowest BCUT2D eigenvalue weighted by Crippen LogP contribution is -2.71. The van der Waals surface area contributed by atoms with E-state index in [0.717, 1.165) is 4.90 Å². The number of nitrogen functional groups attached to an aromatic ring is 1. The molecule has 3 rings (SSSR count). The molecule has 172 valence electrons. The van der Waals surface area contributed by atoms with Gasteiger partial charge in [-0.1, -0.05) is 16.5 Å². The van der Waals surface area contributed by atoms with Crippen LogP contribution in [0.1, 0.15) is 19.5 Å². The predicted octanol–water partition coefficient (Wildman–Crippen LogP) is -0.0933. The molecule has 1 fully saturated rings. The van der Waals surface area contributed by atoms with Crippen LogP contribution in [-0.4, -0.2) is 74.8 Å². The molecule has 0 aliphatic carbocycles. The van der Waals surface area contributed by atoms with Gasteiger partial charge in [-0.05, 0) is 6.92 Å². The molecule has 2 aliphatic rings. The zero-order valence-electron chi connectivity index (χ0n) is 16.8. The normalized spacial score (nSPS) is 20.4. The van der Waals surface area contributed by atoms with E-state index in [1.54, 1.807) is 6.92 Å². The molecular formula is C17H18FN5O7S2. The summed E-state index contributed by atoms with van der Waals surface area (Å²) in [7, 11) is 0. The molecule has 0 saturated carbocycles. The highest BCUT2D eigenvalue weighted by Crippen LogP contribution is 2.40. The number of ether oxygens (including phenoxy) is 1. The second-order valence-corrected chi connectivity index (χ2v) is 8.52. The van der Waals surface area contributed by atoms with Crippen molar-refractivity contribution in [2.45, 2.75) is 25.3 Å². The number of carboxylic acids is 1. The number of nitrogens with two attached hydrogens (primary N) is 1. The van der Waals surface area contributed by atoms with E-state index in [4.69, 9.17) is 15.3 Å². The van der Waals surface area contributed by atoms with E-state index < -0.39 is 51.7 Å². The predicted molar refractivity (Wildman–Crippen MR) is 111 cm³/mol. The Morgan fingerprint density at radius 1 is 1.44 bits per heavy atom. The summed E-state index contributed by atoms with van der Waals surface area (Å²) in [5, 5.41) is 13.9. The third-order valence-electron chi connectivity index (χ3n) is 4.31. The van der Waals surface area contributed by atoms with Crippen LogP contribution in [0.4, 0.5) is 9.52 Å². The monoisotopic (exact) mass is 487 g/mol. The Morgan fingerprint density at radius 3 is 2.72 bits per heavy atom. The fourth-order valence-electron chi connectivity index (χ4n) is 2.98. The van der Waals surface area contributed by atoms with Gasteiger partial charge in [0.1, 0.15) is 36.0 Å². The fourth-order valence-corrected chi connectivity index (χ4v) is 4.86. The Balaban J connectivity index is 1.80. The summed E-state index contributed by atoms with van der Waals surface area (Å²) < 4.78 is 19.0. The Hall–Kier alpha value is -3.20. The third-order valence-corrected chi connectivity index (χ3v) is 6.33. The Bertz CT molecular complexity index is 1040. The van der Waals surface area contributed by atoms with Crippen molar-refractivity contribution in [3.05, 3.63) is 22.1 Å². The van der Waals surface area contributed by atoms with Crippen LogP contribution in [0.25, 0.3) is 0 Å². The maximum absolute atomic E-state index is 14.1. The van der Waals surface area contributed by atoms with Gasteiger partial charge >= 0.3 is 11.9 Å². The number of oxime groups is 1. The minimum absolute atomic E-state index is 0.0878. The second-order valence-electron chi connectivity index (χ2n) is 6.43. The number of carbonyl (C=O) groups is 4. The van der Waals surface area contributed by atoms with Gasteiger partial charge in [0.25, 0.3) is 11.8 Å². The number of thioether (sulfide) groups is 1. The molecule has 4 N–H and O–H groups in total. The van der Waals surface area contributed by atoms with Crippen LogP contribution < -0.4 is 11.1 Å². The quantitative estimate of drug-likeness (QED) is 0.194. The minimum atomic E-state index is -1.37. The largest absolute Gasteiger partial charge is 0.477 e. The number of amides is 2. The number of carboxylic acid groups (broad SMARTS) is 1. The molecule has 3 heterocycles. The summed E-state index contributed by atoms with van der Waals surface area (Å²) in [5.74, 6) is -3.43. The van der Waals surface area contributed by atoms with Crippen LogP contribution >= 0.6 is 23.1 Å². The Morgan fingerprint density at radius 2 is 2.16 bits per heavy atom. The van der Waals surface area contributed by atoms with Gasteiger partial charge in [-0.15, -0.1) is 11.8 Å². The summed E-state index contributed by atoms with van der Waals surface area (Å²) in [6, 6.07) is -1.09. The van der Waals surface area contributed by atoms with Crippen LogP contribution in [0, 0.1) is 5.13 Å². The number of nitrogens with zero attached hydrogens (tertiary/aromatic N) is 3. The molecular weight excluding hydrogens is 469 g/mol. The number of fused-ring (bicyclic) bond motifs is 1. The Labute approximate surface area is 188 Å². The summed E-state index contributed by atoms with van der Waals surface area (Å²) in [5.41, 5.74) is 4.51. The van der Waals surface area contributed by atoms with Crippen molar-refractivity contribution < 1.29 is 38.2 Å². The Kier molecular flexibility index (Phi) is 6.98. The first-order valence-electron chi connectivity index (χ1n) is 9.12. The van der Waals surface area contributed by atoms with Crippen LogP contribution in [0.15, 0.2) is 16.4 Å². The molecule has 1 aromatic heterocycles. The molecule has 2 aliphatic heterocycles. The van der Waals surface area contributed by atoms with Crippen LogP contribution in [0.2, 0.25) is 0 Å². The van der Waals surface area contributed by atoms with Crippen molar-refractivity contribution in [3.8, 4) is 0 Å². The molecule has 0 aromatic carbocycles. The number of anilines is 1. The number of rotatable bonds is 8. The van der Waals surface area contributed by atoms with E-state index in [9.17, 15) is 28.7 Å². The number of thiazole rings is 1.